The normalized spacial score (nSPS) is 16.6. The molecule has 1 aliphatic rings. The van der Waals surface area contributed by atoms with Crippen LogP contribution in [0, 0.1) is 16.7 Å². The van der Waals surface area contributed by atoms with Gasteiger partial charge in [0.15, 0.2) is 0 Å². The molecule has 1 aromatic carbocycles. The van der Waals surface area contributed by atoms with Gasteiger partial charge >= 0.3 is 5.97 Å². The maximum atomic E-state index is 11.1. The van der Waals surface area contributed by atoms with Crippen molar-refractivity contribution in [2.75, 3.05) is 25.1 Å². The maximum Gasteiger partial charge on any atom is 0.316 e. The largest absolute Gasteiger partial charge is 0.481 e. The zero-order valence-electron chi connectivity index (χ0n) is 9.14. The van der Waals surface area contributed by atoms with Crippen LogP contribution in [-0.2, 0) is 9.53 Å². The summed E-state index contributed by atoms with van der Waals surface area (Å²) in [6.07, 6.45) is 0. The van der Waals surface area contributed by atoms with E-state index in [1.54, 1.807) is 24.3 Å². The summed E-state index contributed by atoms with van der Waals surface area (Å²) in [5.74, 6) is -0.843. The van der Waals surface area contributed by atoms with E-state index in [1.807, 2.05) is 6.07 Å². The van der Waals surface area contributed by atoms with E-state index in [2.05, 4.69) is 5.32 Å². The van der Waals surface area contributed by atoms with E-state index in [-0.39, 0.29) is 13.2 Å². The number of benzene rings is 1. The minimum absolute atomic E-state index is 0.242. The highest BCUT2D eigenvalue weighted by Crippen LogP contribution is 2.28. The fourth-order valence-electron chi connectivity index (χ4n) is 1.58. The van der Waals surface area contributed by atoms with Gasteiger partial charge in [-0.2, -0.15) is 5.26 Å². The first-order valence-electron chi connectivity index (χ1n) is 5.21. The van der Waals surface area contributed by atoms with Gasteiger partial charge in [0.2, 0.25) is 0 Å². The van der Waals surface area contributed by atoms with E-state index in [0.29, 0.717) is 12.1 Å². The third kappa shape index (κ3) is 2.22. The molecule has 0 saturated carbocycles. The summed E-state index contributed by atoms with van der Waals surface area (Å²) in [6, 6.07) is 8.92. The van der Waals surface area contributed by atoms with Gasteiger partial charge in [-0.15, -0.1) is 0 Å². The van der Waals surface area contributed by atoms with E-state index in [9.17, 15) is 4.79 Å². The Hall–Kier alpha value is -2.06. The molecule has 88 valence electrons. The van der Waals surface area contributed by atoms with Crippen LogP contribution in [0.5, 0.6) is 0 Å². The maximum absolute atomic E-state index is 11.1. The average molecular weight is 232 g/mol. The molecule has 17 heavy (non-hydrogen) atoms. The number of nitriles is 1. The molecular formula is C12H12N2O3. The number of anilines is 1. The van der Waals surface area contributed by atoms with Gasteiger partial charge in [0, 0.05) is 12.2 Å². The fraction of sp³-hybridized carbons (Fsp3) is 0.333. The Bertz CT molecular complexity index is 458. The summed E-state index contributed by atoms with van der Waals surface area (Å²) in [7, 11) is 0. The Morgan fingerprint density at radius 3 is 2.53 bits per heavy atom. The van der Waals surface area contributed by atoms with Gasteiger partial charge in [-0.3, -0.25) is 4.79 Å². The van der Waals surface area contributed by atoms with Gasteiger partial charge in [0.05, 0.1) is 24.8 Å². The van der Waals surface area contributed by atoms with Crippen molar-refractivity contribution < 1.29 is 14.6 Å². The molecule has 5 heteroatoms. The molecule has 0 amide bonds. The molecule has 0 spiro atoms. The lowest BCUT2D eigenvalue weighted by molar-refractivity contribution is -0.176. The lowest BCUT2D eigenvalue weighted by Gasteiger charge is -2.37. The van der Waals surface area contributed by atoms with Gasteiger partial charge < -0.3 is 15.2 Å². The number of hydrogen-bond acceptors (Lipinski definition) is 4. The first kappa shape index (κ1) is 11.4. The van der Waals surface area contributed by atoms with Gasteiger partial charge in [-0.1, -0.05) is 0 Å². The topological polar surface area (TPSA) is 82.4 Å². The SMILES string of the molecule is N#Cc1ccc(NCC2(C(=O)O)COC2)cc1. The molecule has 1 saturated heterocycles. The molecule has 0 atom stereocenters. The Morgan fingerprint density at radius 1 is 1.47 bits per heavy atom. The highest BCUT2D eigenvalue weighted by Gasteiger charge is 2.46. The Morgan fingerprint density at radius 2 is 2.12 bits per heavy atom. The first-order chi connectivity index (χ1) is 8.16. The highest BCUT2D eigenvalue weighted by atomic mass is 16.5. The lowest BCUT2D eigenvalue weighted by Crippen LogP contribution is -2.53. The number of ether oxygens (including phenoxy) is 1. The van der Waals surface area contributed by atoms with Gasteiger partial charge in [-0.25, -0.2) is 0 Å². The molecule has 2 rings (SSSR count). The quantitative estimate of drug-likeness (QED) is 0.811. The lowest BCUT2D eigenvalue weighted by atomic mass is 9.86. The highest BCUT2D eigenvalue weighted by molar-refractivity contribution is 5.77. The molecule has 0 radical (unpaired) electrons. The van der Waals surface area contributed by atoms with E-state index in [4.69, 9.17) is 15.1 Å². The summed E-state index contributed by atoms with van der Waals surface area (Å²) in [5.41, 5.74) is 0.570. The molecule has 0 bridgehead atoms. The first-order valence-corrected chi connectivity index (χ1v) is 5.21. The number of carbonyl (C=O) groups is 1. The summed E-state index contributed by atoms with van der Waals surface area (Å²) in [5, 5.41) is 20.8. The van der Waals surface area contributed by atoms with Crippen LogP contribution in [0.3, 0.4) is 0 Å². The van der Waals surface area contributed by atoms with Crippen LogP contribution in [0.25, 0.3) is 0 Å². The van der Waals surface area contributed by atoms with Crippen LogP contribution in [0.4, 0.5) is 5.69 Å². The van der Waals surface area contributed by atoms with Gasteiger partial charge in [-0.05, 0) is 24.3 Å². The number of rotatable bonds is 4. The van der Waals surface area contributed by atoms with Crippen molar-refractivity contribution in [3.63, 3.8) is 0 Å². The minimum Gasteiger partial charge on any atom is -0.481 e. The second-order valence-electron chi connectivity index (χ2n) is 4.12. The number of carboxylic acids is 1. The Balaban J connectivity index is 1.97. The minimum atomic E-state index is -0.843. The molecule has 1 heterocycles. The van der Waals surface area contributed by atoms with Crippen LogP contribution in [0.1, 0.15) is 5.56 Å². The van der Waals surface area contributed by atoms with Crippen molar-refractivity contribution in [3.8, 4) is 6.07 Å². The summed E-state index contributed by atoms with van der Waals surface area (Å²) >= 11 is 0. The zero-order valence-corrected chi connectivity index (χ0v) is 9.14. The molecule has 1 aromatic rings. The molecule has 0 unspecified atom stereocenters. The molecule has 1 aliphatic heterocycles. The molecule has 0 aliphatic carbocycles. The average Bonchev–Trinajstić information content (AvgIpc) is 2.28. The monoisotopic (exact) mass is 232 g/mol. The number of nitrogens with one attached hydrogen (secondary N) is 1. The van der Waals surface area contributed by atoms with Crippen molar-refractivity contribution in [3.05, 3.63) is 29.8 Å². The van der Waals surface area contributed by atoms with E-state index in [0.717, 1.165) is 5.69 Å². The third-order valence-corrected chi connectivity index (χ3v) is 2.86. The van der Waals surface area contributed by atoms with Crippen LogP contribution in [0.2, 0.25) is 0 Å². The van der Waals surface area contributed by atoms with E-state index in [1.165, 1.54) is 0 Å². The van der Waals surface area contributed by atoms with Crippen molar-refractivity contribution in [1.29, 1.82) is 5.26 Å². The Kier molecular flexibility index (Phi) is 2.98. The van der Waals surface area contributed by atoms with E-state index < -0.39 is 11.4 Å². The fourth-order valence-corrected chi connectivity index (χ4v) is 1.58. The second kappa shape index (κ2) is 4.44. The summed E-state index contributed by atoms with van der Waals surface area (Å²) < 4.78 is 4.96. The molecule has 1 fully saturated rings. The predicted molar refractivity (Wildman–Crippen MR) is 60.5 cm³/mol. The van der Waals surface area contributed by atoms with Crippen molar-refractivity contribution in [1.82, 2.24) is 0 Å². The molecule has 0 aromatic heterocycles. The number of carboxylic acid groups (broad SMARTS) is 1. The third-order valence-electron chi connectivity index (χ3n) is 2.86. The van der Waals surface area contributed by atoms with Crippen LogP contribution < -0.4 is 5.32 Å². The number of aliphatic carboxylic acids is 1. The van der Waals surface area contributed by atoms with E-state index >= 15 is 0 Å². The molecule has 2 N–H and O–H groups in total. The smallest absolute Gasteiger partial charge is 0.316 e. The summed E-state index contributed by atoms with van der Waals surface area (Å²) in [4.78, 5) is 11.1. The molecule has 5 nitrogen and oxygen atoms in total. The number of nitrogens with zero attached hydrogens (tertiary/aromatic N) is 1. The summed E-state index contributed by atoms with van der Waals surface area (Å²) in [6.45, 7) is 0.811. The van der Waals surface area contributed by atoms with Crippen molar-refractivity contribution in [2.45, 2.75) is 0 Å². The zero-order chi connectivity index (χ0) is 12.3. The number of hydrogen-bond donors (Lipinski definition) is 2. The Labute approximate surface area is 98.6 Å². The van der Waals surface area contributed by atoms with Crippen LogP contribution in [0.15, 0.2) is 24.3 Å². The van der Waals surface area contributed by atoms with Crippen LogP contribution >= 0.6 is 0 Å². The second-order valence-corrected chi connectivity index (χ2v) is 4.12. The molecular weight excluding hydrogens is 220 g/mol. The predicted octanol–water partition coefficient (Wildman–Crippen LogP) is 1.07. The van der Waals surface area contributed by atoms with Crippen LogP contribution in [-0.4, -0.2) is 30.8 Å². The van der Waals surface area contributed by atoms with Crippen molar-refractivity contribution >= 4 is 11.7 Å². The van der Waals surface area contributed by atoms with Crippen molar-refractivity contribution in [2.24, 2.45) is 5.41 Å². The van der Waals surface area contributed by atoms with Gasteiger partial charge in [0.25, 0.3) is 0 Å². The standard InChI is InChI=1S/C12H12N2O3/c13-5-9-1-3-10(4-2-9)14-6-12(11(15)16)7-17-8-12/h1-4,14H,6-8H2,(H,15,16). The van der Waals surface area contributed by atoms with Gasteiger partial charge in [0.1, 0.15) is 5.41 Å².